The Morgan fingerprint density at radius 3 is 2.71 bits per heavy atom. The van der Waals surface area contributed by atoms with Crippen LogP contribution in [0.4, 0.5) is 0 Å². The highest BCUT2D eigenvalue weighted by atomic mass is 32.2. The third-order valence-electron chi connectivity index (χ3n) is 1.67. The molecule has 0 fully saturated rings. The topological polar surface area (TPSA) is 50.1 Å². The van der Waals surface area contributed by atoms with Gasteiger partial charge in [-0.05, 0) is 31.0 Å². The van der Waals surface area contributed by atoms with Crippen molar-refractivity contribution in [2.75, 3.05) is 12.4 Å². The largest absolute Gasteiger partial charge is 0.465 e. The molecule has 0 aromatic carbocycles. The fourth-order valence-electron chi connectivity index (χ4n) is 0.838. The van der Waals surface area contributed by atoms with Gasteiger partial charge in [0.05, 0.1) is 12.5 Å². The van der Waals surface area contributed by atoms with Crippen LogP contribution in [0, 0.1) is 16.6 Å². The van der Waals surface area contributed by atoms with Crippen molar-refractivity contribution in [1.82, 2.24) is 0 Å². The quantitative estimate of drug-likeness (QED) is 0.372. The highest BCUT2D eigenvalue weighted by Gasteiger charge is 2.06. The molecule has 3 nitrogen and oxygen atoms in total. The van der Waals surface area contributed by atoms with E-state index in [9.17, 15) is 4.79 Å². The van der Waals surface area contributed by atoms with Gasteiger partial charge in [-0.15, -0.1) is 0 Å². The monoisotopic (exact) mass is 215 g/mol. The van der Waals surface area contributed by atoms with Crippen LogP contribution in [-0.2, 0) is 9.53 Å². The van der Waals surface area contributed by atoms with Crippen LogP contribution in [0.25, 0.3) is 0 Å². The van der Waals surface area contributed by atoms with Gasteiger partial charge in [-0.3, -0.25) is 4.79 Å². The van der Waals surface area contributed by atoms with Crippen molar-refractivity contribution in [3.8, 4) is 5.40 Å². The Bertz CT molecular complexity index is 199. The summed E-state index contributed by atoms with van der Waals surface area (Å²) in [7, 11) is 0. The van der Waals surface area contributed by atoms with Crippen LogP contribution < -0.4 is 0 Å². The molecule has 0 aliphatic carbocycles. The van der Waals surface area contributed by atoms with Crippen LogP contribution in [0.3, 0.4) is 0 Å². The summed E-state index contributed by atoms with van der Waals surface area (Å²) in [5, 5.41) is 10.3. The van der Waals surface area contributed by atoms with Crippen molar-refractivity contribution >= 4 is 17.7 Å². The molecule has 4 heteroatoms. The molecule has 0 rings (SSSR count). The van der Waals surface area contributed by atoms with Gasteiger partial charge in [-0.1, -0.05) is 13.8 Å². The number of ether oxygens (including phenoxy) is 1. The van der Waals surface area contributed by atoms with E-state index in [1.54, 1.807) is 0 Å². The van der Waals surface area contributed by atoms with E-state index in [4.69, 9.17) is 10.00 Å². The average Bonchev–Trinajstić information content (AvgIpc) is 2.16. The summed E-state index contributed by atoms with van der Waals surface area (Å²) >= 11 is 1.28. The number of nitriles is 1. The number of carbonyl (C=O) groups is 1. The van der Waals surface area contributed by atoms with E-state index in [0.29, 0.717) is 6.61 Å². The fourth-order valence-corrected chi connectivity index (χ4v) is 1.28. The van der Waals surface area contributed by atoms with Crippen molar-refractivity contribution in [2.45, 2.75) is 33.1 Å². The number of esters is 1. The van der Waals surface area contributed by atoms with Gasteiger partial charge in [0.25, 0.3) is 0 Å². The molecule has 80 valence electrons. The van der Waals surface area contributed by atoms with Gasteiger partial charge in [-0.25, -0.2) is 0 Å². The lowest BCUT2D eigenvalue weighted by atomic mass is 10.2. The Morgan fingerprint density at radius 1 is 1.43 bits per heavy atom. The number of carbonyl (C=O) groups excluding carboxylic acids is 1. The minimum Gasteiger partial charge on any atom is -0.465 e. The molecule has 0 aliphatic rings. The molecular weight excluding hydrogens is 198 g/mol. The molecule has 0 radical (unpaired) electrons. The summed E-state index contributed by atoms with van der Waals surface area (Å²) in [4.78, 5) is 11.0. The van der Waals surface area contributed by atoms with Crippen LogP contribution in [0.15, 0.2) is 0 Å². The maximum absolute atomic E-state index is 11.0. The van der Waals surface area contributed by atoms with E-state index < -0.39 is 0 Å². The van der Waals surface area contributed by atoms with Gasteiger partial charge in [0.2, 0.25) is 0 Å². The van der Waals surface area contributed by atoms with Crippen molar-refractivity contribution in [3.05, 3.63) is 0 Å². The molecule has 0 amide bonds. The van der Waals surface area contributed by atoms with Crippen LogP contribution in [0.2, 0.25) is 0 Å². The molecule has 0 aromatic rings. The first-order chi connectivity index (χ1) is 6.68. The predicted molar refractivity (Wildman–Crippen MR) is 57.7 cm³/mol. The first kappa shape index (κ1) is 13.3. The number of rotatable bonds is 7. The molecule has 0 N–H and O–H groups in total. The number of hydrogen-bond acceptors (Lipinski definition) is 4. The Hall–Kier alpha value is -0.690. The number of unbranched alkanes of at least 4 members (excludes halogenated alkanes) is 2. The summed E-state index contributed by atoms with van der Waals surface area (Å²) in [5.74, 6) is 0.704. The van der Waals surface area contributed by atoms with Crippen LogP contribution in [0.1, 0.15) is 33.1 Å². The maximum atomic E-state index is 11.0. The van der Waals surface area contributed by atoms with Crippen LogP contribution in [0.5, 0.6) is 0 Å². The third kappa shape index (κ3) is 7.93. The van der Waals surface area contributed by atoms with E-state index in [1.165, 1.54) is 11.8 Å². The molecule has 0 aliphatic heterocycles. The highest BCUT2D eigenvalue weighted by Crippen LogP contribution is 2.05. The van der Waals surface area contributed by atoms with E-state index in [2.05, 4.69) is 0 Å². The standard InChI is InChI=1S/C10H17NO2S/c1-9(2)10(12)13-6-4-3-5-7-14-8-11/h9H,3-7H2,1-2H3. The van der Waals surface area contributed by atoms with Gasteiger partial charge in [0, 0.05) is 5.75 Å². The number of thioether (sulfide) groups is 1. The minimum absolute atomic E-state index is 0.0378. The molecule has 0 saturated heterocycles. The van der Waals surface area contributed by atoms with Crippen molar-refractivity contribution in [2.24, 2.45) is 5.92 Å². The summed E-state index contributed by atoms with van der Waals surface area (Å²) in [6, 6.07) is 0. The zero-order valence-corrected chi connectivity index (χ0v) is 9.60. The summed E-state index contributed by atoms with van der Waals surface area (Å²) in [6.07, 6.45) is 2.92. The predicted octanol–water partition coefficient (Wildman–Crippen LogP) is 2.57. The molecule has 0 aromatic heterocycles. The van der Waals surface area contributed by atoms with Gasteiger partial charge >= 0.3 is 5.97 Å². The van der Waals surface area contributed by atoms with Crippen molar-refractivity contribution < 1.29 is 9.53 Å². The van der Waals surface area contributed by atoms with E-state index in [1.807, 2.05) is 19.2 Å². The van der Waals surface area contributed by atoms with Gasteiger partial charge < -0.3 is 4.74 Å². The molecule has 0 atom stereocenters. The third-order valence-corrected chi connectivity index (χ3v) is 2.29. The Kier molecular flexibility index (Phi) is 8.45. The molecule has 0 heterocycles. The Morgan fingerprint density at radius 2 is 2.14 bits per heavy atom. The lowest BCUT2D eigenvalue weighted by molar-refractivity contribution is -0.147. The second kappa shape index (κ2) is 8.89. The minimum atomic E-state index is -0.128. The SMILES string of the molecule is CC(C)C(=O)OCCCCCSC#N. The van der Waals surface area contributed by atoms with E-state index >= 15 is 0 Å². The first-order valence-corrected chi connectivity index (χ1v) is 5.84. The lowest BCUT2D eigenvalue weighted by Gasteiger charge is -2.06. The molecule has 0 unspecified atom stereocenters. The zero-order valence-electron chi connectivity index (χ0n) is 8.78. The Balaban J connectivity index is 3.14. The highest BCUT2D eigenvalue weighted by molar-refractivity contribution is 8.03. The maximum Gasteiger partial charge on any atom is 0.308 e. The molecule has 0 saturated carbocycles. The summed E-state index contributed by atoms with van der Waals surface area (Å²) in [5.41, 5.74) is 0. The smallest absolute Gasteiger partial charge is 0.308 e. The number of nitrogens with zero attached hydrogens (tertiary/aromatic N) is 1. The van der Waals surface area contributed by atoms with Gasteiger partial charge in [-0.2, -0.15) is 5.26 Å². The van der Waals surface area contributed by atoms with Crippen molar-refractivity contribution in [3.63, 3.8) is 0 Å². The van der Waals surface area contributed by atoms with Crippen LogP contribution >= 0.6 is 11.8 Å². The summed E-state index contributed by atoms with van der Waals surface area (Å²) in [6.45, 7) is 4.16. The average molecular weight is 215 g/mol. The van der Waals surface area contributed by atoms with Crippen LogP contribution in [-0.4, -0.2) is 18.3 Å². The zero-order chi connectivity index (χ0) is 10.8. The van der Waals surface area contributed by atoms with E-state index in [0.717, 1.165) is 25.0 Å². The molecular formula is C10H17NO2S. The lowest BCUT2D eigenvalue weighted by Crippen LogP contribution is -2.12. The van der Waals surface area contributed by atoms with Gasteiger partial charge in [0.1, 0.15) is 5.40 Å². The normalized spacial score (nSPS) is 9.86. The second-order valence-electron chi connectivity index (χ2n) is 3.32. The molecule has 0 bridgehead atoms. The second-order valence-corrected chi connectivity index (χ2v) is 4.20. The molecule has 14 heavy (non-hydrogen) atoms. The number of hydrogen-bond donors (Lipinski definition) is 0. The fraction of sp³-hybridized carbons (Fsp3) is 0.800. The molecule has 0 spiro atoms. The van der Waals surface area contributed by atoms with Gasteiger partial charge in [0.15, 0.2) is 0 Å². The first-order valence-electron chi connectivity index (χ1n) is 4.86. The van der Waals surface area contributed by atoms with Crippen molar-refractivity contribution in [1.29, 1.82) is 5.26 Å². The number of thiocyanates is 1. The Labute approximate surface area is 89.8 Å². The van der Waals surface area contributed by atoms with E-state index in [-0.39, 0.29) is 11.9 Å². The summed E-state index contributed by atoms with van der Waals surface area (Å²) < 4.78 is 5.00.